The van der Waals surface area contributed by atoms with Gasteiger partial charge in [0.25, 0.3) is 0 Å². The molecule has 2 aliphatic carbocycles. The van der Waals surface area contributed by atoms with E-state index in [1.165, 1.54) is 23.8 Å². The molecule has 5 N–H and O–H groups in total. The van der Waals surface area contributed by atoms with Crippen LogP contribution >= 0.6 is 0 Å². The fraction of sp³-hybridized carbons (Fsp3) is 0.545. The van der Waals surface area contributed by atoms with Crippen LogP contribution in [0.25, 0.3) is 0 Å². The highest BCUT2D eigenvalue weighted by atomic mass is 19.1. The fourth-order valence-corrected chi connectivity index (χ4v) is 5.71. The number of rotatable bonds is 12. The maximum atomic E-state index is 13.4. The van der Waals surface area contributed by atoms with Crippen LogP contribution < -0.4 is 21.7 Å². The molecule has 0 saturated heterocycles. The van der Waals surface area contributed by atoms with Gasteiger partial charge in [-0.05, 0) is 98.6 Å². The summed E-state index contributed by atoms with van der Waals surface area (Å²) in [6.45, 7) is 13.8. The predicted molar refractivity (Wildman–Crippen MR) is 160 cm³/mol. The molecule has 0 fully saturated rings. The fourth-order valence-electron chi connectivity index (χ4n) is 5.71. The predicted octanol–water partition coefficient (Wildman–Crippen LogP) is 7.19. The van der Waals surface area contributed by atoms with Crippen LogP contribution in [0.4, 0.5) is 13.6 Å². The molecule has 0 heterocycles. The molecule has 220 valence electrons. The second kappa shape index (κ2) is 13.6. The first-order valence-corrected chi connectivity index (χ1v) is 14.5. The largest absolute Gasteiger partial charge is 0.362 e. The highest BCUT2D eigenvalue weighted by Gasteiger charge is 2.35. The molecule has 7 heteroatoms. The Hall–Kier alpha value is -2.93. The summed E-state index contributed by atoms with van der Waals surface area (Å²) in [5, 5.41) is 9.74. The second-order valence-corrected chi connectivity index (χ2v) is 13.0. The number of urea groups is 1. The van der Waals surface area contributed by atoms with Gasteiger partial charge in [0.1, 0.15) is 11.6 Å². The Morgan fingerprint density at radius 3 is 2.30 bits per heavy atom. The standard InChI is InChI=1S/C33H48F2N4O/c1-22(2)17-29(24-9-16-30(25(18-24)20-36)38-28-14-12-27(35)13-15-28)32(3,4)21-37-31(40)39-33(5,6)19-23-7-10-26(34)11-8-23/h7-8,10-12,14,18,22,29,38H,9,13,15-17,19-21,36H2,1-6H3,(H2,37,39,40). The van der Waals surface area contributed by atoms with Crippen LogP contribution in [0.15, 0.2) is 70.9 Å². The number of hydrogen-bond acceptors (Lipinski definition) is 3. The van der Waals surface area contributed by atoms with Gasteiger partial charge < -0.3 is 21.7 Å². The van der Waals surface area contributed by atoms with Gasteiger partial charge in [0, 0.05) is 36.4 Å². The Balaban J connectivity index is 1.69. The summed E-state index contributed by atoms with van der Waals surface area (Å²) in [4.78, 5) is 13.0. The van der Waals surface area contributed by atoms with Gasteiger partial charge in [-0.2, -0.15) is 0 Å². The van der Waals surface area contributed by atoms with Crippen molar-refractivity contribution in [3.63, 3.8) is 0 Å². The number of benzene rings is 1. The highest BCUT2D eigenvalue weighted by molar-refractivity contribution is 5.74. The number of hydrogen-bond donors (Lipinski definition) is 4. The number of carbonyl (C=O) groups is 1. The average molecular weight is 555 g/mol. The van der Waals surface area contributed by atoms with E-state index in [1.807, 2.05) is 19.9 Å². The van der Waals surface area contributed by atoms with Crippen molar-refractivity contribution in [3.05, 3.63) is 82.2 Å². The summed E-state index contributed by atoms with van der Waals surface area (Å²) in [5.74, 6) is 0.416. The Labute approximate surface area is 239 Å². The zero-order valence-electron chi connectivity index (χ0n) is 25.1. The minimum Gasteiger partial charge on any atom is -0.362 e. The van der Waals surface area contributed by atoms with E-state index in [-0.39, 0.29) is 29.0 Å². The van der Waals surface area contributed by atoms with Crippen LogP contribution in [0.5, 0.6) is 0 Å². The van der Waals surface area contributed by atoms with Crippen LogP contribution in [-0.2, 0) is 6.42 Å². The van der Waals surface area contributed by atoms with Crippen molar-refractivity contribution in [2.45, 2.75) is 85.6 Å². The molecule has 1 unspecified atom stereocenters. The van der Waals surface area contributed by atoms with Crippen molar-refractivity contribution >= 4 is 6.03 Å². The lowest BCUT2D eigenvalue weighted by Gasteiger charge is -2.39. The number of halogens is 2. The molecule has 2 amide bonds. The maximum Gasteiger partial charge on any atom is 0.315 e. The van der Waals surface area contributed by atoms with Crippen molar-refractivity contribution < 1.29 is 13.6 Å². The monoisotopic (exact) mass is 554 g/mol. The number of allylic oxidation sites excluding steroid dienone is 6. The first-order chi connectivity index (χ1) is 18.8. The molecular weight excluding hydrogens is 506 g/mol. The normalized spacial score (nSPS) is 17.2. The molecule has 1 aromatic rings. The van der Waals surface area contributed by atoms with Crippen LogP contribution in [0.2, 0.25) is 0 Å². The van der Waals surface area contributed by atoms with Crippen molar-refractivity contribution in [2.75, 3.05) is 13.1 Å². The number of nitrogens with one attached hydrogen (secondary N) is 3. The van der Waals surface area contributed by atoms with Gasteiger partial charge in [-0.1, -0.05) is 51.5 Å². The van der Waals surface area contributed by atoms with Gasteiger partial charge in [0.05, 0.1) is 0 Å². The highest BCUT2D eigenvalue weighted by Crippen LogP contribution is 2.41. The Morgan fingerprint density at radius 1 is 1.00 bits per heavy atom. The average Bonchev–Trinajstić information content (AvgIpc) is 2.88. The molecule has 2 aliphatic rings. The van der Waals surface area contributed by atoms with E-state index in [4.69, 9.17) is 5.73 Å². The van der Waals surface area contributed by atoms with E-state index in [0.717, 1.165) is 41.8 Å². The molecule has 0 radical (unpaired) electrons. The summed E-state index contributed by atoms with van der Waals surface area (Å²) >= 11 is 0. The van der Waals surface area contributed by atoms with E-state index < -0.39 is 5.54 Å². The minimum absolute atomic E-state index is 0.0816. The Bertz CT molecular complexity index is 1160. The molecule has 40 heavy (non-hydrogen) atoms. The lowest BCUT2D eigenvalue weighted by Crippen LogP contribution is -2.52. The van der Waals surface area contributed by atoms with Crippen LogP contribution in [0.1, 0.15) is 79.2 Å². The van der Waals surface area contributed by atoms with Gasteiger partial charge in [0.15, 0.2) is 0 Å². The summed E-state index contributed by atoms with van der Waals surface area (Å²) in [7, 11) is 0. The van der Waals surface area contributed by atoms with Gasteiger partial charge in [-0.3, -0.25) is 0 Å². The van der Waals surface area contributed by atoms with E-state index in [2.05, 4.69) is 49.7 Å². The molecule has 0 spiro atoms. The van der Waals surface area contributed by atoms with E-state index in [9.17, 15) is 13.6 Å². The van der Waals surface area contributed by atoms with Crippen LogP contribution in [0.3, 0.4) is 0 Å². The molecule has 0 aromatic heterocycles. The van der Waals surface area contributed by atoms with E-state index in [1.54, 1.807) is 12.1 Å². The molecule has 0 aliphatic heterocycles. The van der Waals surface area contributed by atoms with Crippen molar-refractivity contribution in [2.24, 2.45) is 23.0 Å². The zero-order chi connectivity index (χ0) is 29.5. The lowest BCUT2D eigenvalue weighted by molar-refractivity contribution is 0.191. The summed E-state index contributed by atoms with van der Waals surface area (Å²) in [6, 6.07) is 6.18. The Morgan fingerprint density at radius 2 is 1.70 bits per heavy atom. The maximum absolute atomic E-state index is 13.4. The molecule has 0 saturated carbocycles. The van der Waals surface area contributed by atoms with Gasteiger partial charge in [0.2, 0.25) is 0 Å². The van der Waals surface area contributed by atoms with Crippen molar-refractivity contribution in [3.8, 4) is 0 Å². The summed E-state index contributed by atoms with van der Waals surface area (Å²) in [6.07, 6.45) is 10.1. The topological polar surface area (TPSA) is 79.2 Å². The first kappa shape index (κ1) is 31.6. The zero-order valence-corrected chi connectivity index (χ0v) is 25.1. The van der Waals surface area contributed by atoms with Crippen molar-refractivity contribution in [1.29, 1.82) is 0 Å². The second-order valence-electron chi connectivity index (χ2n) is 13.0. The van der Waals surface area contributed by atoms with Crippen LogP contribution in [-0.4, -0.2) is 24.7 Å². The lowest BCUT2D eigenvalue weighted by atomic mass is 9.68. The molecule has 1 atom stereocenters. The molecule has 5 nitrogen and oxygen atoms in total. The van der Waals surface area contributed by atoms with Crippen molar-refractivity contribution in [1.82, 2.24) is 16.0 Å². The number of nitrogens with two attached hydrogens (primary N) is 1. The quantitative estimate of drug-likeness (QED) is 0.221. The third-order valence-electron chi connectivity index (χ3n) is 7.85. The third-order valence-corrected chi connectivity index (χ3v) is 7.85. The molecule has 0 bridgehead atoms. The van der Waals surface area contributed by atoms with E-state index in [0.29, 0.717) is 38.3 Å². The van der Waals surface area contributed by atoms with E-state index >= 15 is 0 Å². The van der Waals surface area contributed by atoms with Gasteiger partial charge in [-0.15, -0.1) is 0 Å². The molecule has 1 aromatic carbocycles. The molecule has 3 rings (SSSR count). The smallest absolute Gasteiger partial charge is 0.315 e. The summed E-state index contributed by atoms with van der Waals surface area (Å²) in [5.41, 5.74) is 11.1. The first-order valence-electron chi connectivity index (χ1n) is 14.5. The van der Waals surface area contributed by atoms with Gasteiger partial charge in [-0.25, -0.2) is 13.6 Å². The molecular formula is C33H48F2N4O. The summed E-state index contributed by atoms with van der Waals surface area (Å²) < 4.78 is 26.7. The third kappa shape index (κ3) is 9.33. The van der Waals surface area contributed by atoms with Gasteiger partial charge >= 0.3 is 6.03 Å². The Kier molecular flexibility index (Phi) is 10.8. The van der Waals surface area contributed by atoms with Crippen LogP contribution in [0, 0.1) is 23.1 Å². The SMILES string of the molecule is CC(C)CC(C1=CC(CN)=C(NC2=CC=C(F)CC2)CC1)C(C)(C)CNC(=O)NC(C)(C)Cc1ccc(F)cc1. The number of carbonyl (C=O) groups excluding carboxylic acids is 1. The minimum atomic E-state index is -0.491. The number of amides is 2.